The molecule has 2 rings (SSSR count). The molecule has 1 heterocycles. The lowest BCUT2D eigenvalue weighted by Gasteiger charge is -2.15. The number of anilines is 1. The largest absolute Gasteiger partial charge is 0.393 e. The van der Waals surface area contributed by atoms with Gasteiger partial charge in [0.2, 0.25) is 0 Å². The van der Waals surface area contributed by atoms with E-state index in [2.05, 4.69) is 10.6 Å². The zero-order chi connectivity index (χ0) is 11.4. The summed E-state index contributed by atoms with van der Waals surface area (Å²) < 4.78 is 0. The second kappa shape index (κ2) is 5.32. The van der Waals surface area contributed by atoms with Gasteiger partial charge in [0.05, 0.1) is 11.1 Å². The van der Waals surface area contributed by atoms with Gasteiger partial charge in [0.25, 0.3) is 0 Å². The van der Waals surface area contributed by atoms with E-state index < -0.39 is 0 Å². The van der Waals surface area contributed by atoms with E-state index in [1.54, 1.807) is 0 Å². The van der Waals surface area contributed by atoms with Crippen LogP contribution < -0.4 is 10.6 Å². The Kier molecular flexibility index (Phi) is 3.79. The normalized spacial score (nSPS) is 24.3. The van der Waals surface area contributed by atoms with Crippen LogP contribution in [0, 0.1) is 5.92 Å². The Hall–Kier alpha value is -1.07. The molecule has 5 heteroatoms. The van der Waals surface area contributed by atoms with Gasteiger partial charge in [0, 0.05) is 12.5 Å². The first-order valence-corrected chi connectivity index (χ1v) is 6.40. The van der Waals surface area contributed by atoms with Crippen molar-refractivity contribution in [3.63, 3.8) is 0 Å². The van der Waals surface area contributed by atoms with Gasteiger partial charge in [0.1, 0.15) is 0 Å². The van der Waals surface area contributed by atoms with E-state index in [4.69, 9.17) is 0 Å². The SMILES string of the molecule is O=C(NC[C@H]1CCC[C@H]1O)Nc1cccs1. The first-order chi connectivity index (χ1) is 7.75. The van der Waals surface area contributed by atoms with Crippen LogP contribution in [0.5, 0.6) is 0 Å². The van der Waals surface area contributed by atoms with Crippen LogP contribution in [-0.2, 0) is 0 Å². The van der Waals surface area contributed by atoms with E-state index in [1.807, 2.05) is 17.5 Å². The highest BCUT2D eigenvalue weighted by Crippen LogP contribution is 2.24. The van der Waals surface area contributed by atoms with Crippen molar-refractivity contribution in [2.24, 2.45) is 5.92 Å². The molecule has 0 spiro atoms. The van der Waals surface area contributed by atoms with Gasteiger partial charge in [0.15, 0.2) is 0 Å². The van der Waals surface area contributed by atoms with Crippen LogP contribution in [0.25, 0.3) is 0 Å². The number of nitrogens with one attached hydrogen (secondary N) is 2. The molecule has 1 aromatic rings. The highest BCUT2D eigenvalue weighted by molar-refractivity contribution is 7.14. The minimum Gasteiger partial charge on any atom is -0.393 e. The monoisotopic (exact) mass is 240 g/mol. The number of carbonyl (C=O) groups excluding carboxylic acids is 1. The van der Waals surface area contributed by atoms with Crippen LogP contribution in [0.15, 0.2) is 17.5 Å². The fourth-order valence-corrected chi connectivity index (χ4v) is 2.60. The Morgan fingerprint density at radius 2 is 2.44 bits per heavy atom. The zero-order valence-electron chi connectivity index (χ0n) is 8.98. The molecular weight excluding hydrogens is 224 g/mol. The molecule has 0 aromatic carbocycles. The predicted molar refractivity (Wildman–Crippen MR) is 64.7 cm³/mol. The van der Waals surface area contributed by atoms with E-state index in [0.717, 1.165) is 24.3 Å². The summed E-state index contributed by atoms with van der Waals surface area (Å²) in [4.78, 5) is 11.5. The molecule has 0 saturated heterocycles. The maximum Gasteiger partial charge on any atom is 0.319 e. The average molecular weight is 240 g/mol. The third-order valence-corrected chi connectivity index (χ3v) is 3.69. The van der Waals surface area contributed by atoms with Crippen molar-refractivity contribution in [1.29, 1.82) is 0 Å². The number of aliphatic hydroxyl groups excluding tert-OH is 1. The summed E-state index contributed by atoms with van der Waals surface area (Å²) in [5.74, 6) is 0.217. The fraction of sp³-hybridized carbons (Fsp3) is 0.545. The van der Waals surface area contributed by atoms with Gasteiger partial charge in [-0.1, -0.05) is 6.42 Å². The maximum atomic E-state index is 11.5. The molecule has 1 saturated carbocycles. The Bertz CT molecular complexity index is 340. The number of hydrogen-bond donors (Lipinski definition) is 3. The first-order valence-electron chi connectivity index (χ1n) is 5.52. The molecular formula is C11H16N2O2S. The Labute approximate surface area is 98.7 Å². The van der Waals surface area contributed by atoms with Gasteiger partial charge in [-0.3, -0.25) is 5.32 Å². The van der Waals surface area contributed by atoms with Crippen LogP contribution in [0.4, 0.5) is 9.80 Å². The smallest absolute Gasteiger partial charge is 0.319 e. The van der Waals surface area contributed by atoms with Crippen LogP contribution in [0.1, 0.15) is 19.3 Å². The lowest BCUT2D eigenvalue weighted by atomic mass is 10.1. The lowest BCUT2D eigenvalue weighted by molar-refractivity contribution is 0.133. The molecule has 2 amide bonds. The Morgan fingerprint density at radius 1 is 1.56 bits per heavy atom. The summed E-state index contributed by atoms with van der Waals surface area (Å²) in [7, 11) is 0. The van der Waals surface area contributed by atoms with Crippen molar-refractivity contribution in [3.8, 4) is 0 Å². The molecule has 1 aliphatic rings. The van der Waals surface area contributed by atoms with Crippen LogP contribution in [-0.4, -0.2) is 23.8 Å². The second-order valence-corrected chi connectivity index (χ2v) is 5.02. The number of amides is 2. The third kappa shape index (κ3) is 2.96. The van der Waals surface area contributed by atoms with Gasteiger partial charge in [-0.25, -0.2) is 4.79 Å². The topological polar surface area (TPSA) is 61.4 Å². The van der Waals surface area contributed by atoms with Gasteiger partial charge in [-0.05, 0) is 30.4 Å². The maximum absolute atomic E-state index is 11.5. The predicted octanol–water partition coefficient (Wildman–Crippen LogP) is 2.03. The molecule has 88 valence electrons. The number of carbonyl (C=O) groups is 1. The standard InChI is InChI=1S/C11H16N2O2S/c14-9-4-1-3-8(9)7-12-11(15)13-10-5-2-6-16-10/h2,5-6,8-9,14H,1,3-4,7H2,(H2,12,13,15)/t8-,9-/m1/s1. The molecule has 2 atom stereocenters. The van der Waals surface area contributed by atoms with E-state index in [-0.39, 0.29) is 18.1 Å². The summed E-state index contributed by atoms with van der Waals surface area (Å²) in [5, 5.41) is 17.9. The van der Waals surface area contributed by atoms with Crippen LogP contribution >= 0.6 is 11.3 Å². The molecule has 0 bridgehead atoms. The minimum atomic E-state index is -0.248. The fourth-order valence-electron chi connectivity index (χ4n) is 1.98. The number of aliphatic hydroxyl groups is 1. The molecule has 1 fully saturated rings. The second-order valence-electron chi connectivity index (χ2n) is 4.07. The van der Waals surface area contributed by atoms with Crippen molar-refractivity contribution in [3.05, 3.63) is 17.5 Å². The molecule has 0 aliphatic heterocycles. The molecule has 1 aromatic heterocycles. The lowest BCUT2D eigenvalue weighted by Crippen LogP contribution is -2.35. The van der Waals surface area contributed by atoms with Crippen molar-refractivity contribution in [1.82, 2.24) is 5.32 Å². The van der Waals surface area contributed by atoms with Crippen molar-refractivity contribution in [2.75, 3.05) is 11.9 Å². The van der Waals surface area contributed by atoms with E-state index in [0.29, 0.717) is 6.54 Å². The molecule has 0 radical (unpaired) electrons. The summed E-state index contributed by atoms with van der Waals surface area (Å²) in [6.45, 7) is 0.554. The van der Waals surface area contributed by atoms with E-state index >= 15 is 0 Å². The van der Waals surface area contributed by atoms with Gasteiger partial charge < -0.3 is 10.4 Å². The summed E-state index contributed by atoms with van der Waals surface area (Å²) in [6.07, 6.45) is 2.67. The van der Waals surface area contributed by atoms with Crippen LogP contribution in [0.3, 0.4) is 0 Å². The summed E-state index contributed by atoms with van der Waals surface area (Å²) >= 11 is 1.49. The molecule has 0 unspecified atom stereocenters. The number of hydrogen-bond acceptors (Lipinski definition) is 3. The summed E-state index contributed by atoms with van der Waals surface area (Å²) in [5.41, 5.74) is 0. The van der Waals surface area contributed by atoms with Crippen LogP contribution in [0.2, 0.25) is 0 Å². The zero-order valence-corrected chi connectivity index (χ0v) is 9.80. The third-order valence-electron chi connectivity index (χ3n) is 2.90. The summed E-state index contributed by atoms with van der Waals surface area (Å²) in [6, 6.07) is 3.55. The quantitative estimate of drug-likeness (QED) is 0.757. The van der Waals surface area contributed by atoms with Gasteiger partial charge >= 0.3 is 6.03 Å². The molecule has 16 heavy (non-hydrogen) atoms. The van der Waals surface area contributed by atoms with Crippen molar-refractivity contribution >= 4 is 22.4 Å². The van der Waals surface area contributed by atoms with Gasteiger partial charge in [-0.15, -0.1) is 11.3 Å². The molecule has 1 aliphatic carbocycles. The first kappa shape index (κ1) is 11.4. The number of thiophene rings is 1. The Balaban J connectivity index is 1.71. The minimum absolute atomic E-state index is 0.193. The molecule has 4 nitrogen and oxygen atoms in total. The number of urea groups is 1. The molecule has 3 N–H and O–H groups in total. The highest BCUT2D eigenvalue weighted by atomic mass is 32.1. The van der Waals surface area contributed by atoms with Crippen molar-refractivity contribution in [2.45, 2.75) is 25.4 Å². The average Bonchev–Trinajstić information content (AvgIpc) is 2.87. The van der Waals surface area contributed by atoms with Gasteiger partial charge in [-0.2, -0.15) is 0 Å². The number of rotatable bonds is 3. The Morgan fingerprint density at radius 3 is 3.06 bits per heavy atom. The van der Waals surface area contributed by atoms with E-state index in [1.165, 1.54) is 11.3 Å². The van der Waals surface area contributed by atoms with E-state index in [9.17, 15) is 9.90 Å². The van der Waals surface area contributed by atoms with Crippen molar-refractivity contribution < 1.29 is 9.90 Å². The highest BCUT2D eigenvalue weighted by Gasteiger charge is 2.25.